The molecular formula is C21H25NO4S. The molecule has 1 amide bonds. The highest BCUT2D eigenvalue weighted by Gasteiger charge is 2.47. The molecule has 2 heterocycles. The van der Waals surface area contributed by atoms with Gasteiger partial charge in [0.25, 0.3) is 5.91 Å². The summed E-state index contributed by atoms with van der Waals surface area (Å²) in [5.74, 6) is 0.0808. The van der Waals surface area contributed by atoms with Gasteiger partial charge in [-0.2, -0.15) is 11.3 Å². The summed E-state index contributed by atoms with van der Waals surface area (Å²) in [6.45, 7) is 1.95. The van der Waals surface area contributed by atoms with Crippen molar-refractivity contribution in [3.8, 4) is 5.75 Å². The van der Waals surface area contributed by atoms with Gasteiger partial charge in [-0.05, 0) is 47.4 Å². The Morgan fingerprint density at radius 2 is 1.89 bits per heavy atom. The van der Waals surface area contributed by atoms with E-state index in [1.807, 2.05) is 18.2 Å². The molecule has 0 radical (unpaired) electrons. The number of carbonyl (C=O) groups excluding carboxylic acids is 1. The zero-order valence-corrected chi connectivity index (χ0v) is 16.3. The Hall–Kier alpha value is -1.89. The lowest BCUT2D eigenvalue weighted by molar-refractivity contribution is -0.184. The number of hydrogen-bond donors (Lipinski definition) is 1. The van der Waals surface area contributed by atoms with Gasteiger partial charge in [-0.25, -0.2) is 0 Å². The summed E-state index contributed by atoms with van der Waals surface area (Å²) >= 11 is 1.70. The first-order valence-electron chi connectivity index (χ1n) is 9.38. The van der Waals surface area contributed by atoms with Crippen LogP contribution in [0.3, 0.4) is 0 Å². The summed E-state index contributed by atoms with van der Waals surface area (Å²) in [7, 11) is 1.58. The van der Waals surface area contributed by atoms with Gasteiger partial charge in [0.1, 0.15) is 5.75 Å². The highest BCUT2D eigenvalue weighted by atomic mass is 32.1. The predicted octanol–water partition coefficient (Wildman–Crippen LogP) is 3.74. The van der Waals surface area contributed by atoms with Crippen LogP contribution in [0.15, 0.2) is 41.1 Å². The molecule has 5 nitrogen and oxygen atoms in total. The third-order valence-electron chi connectivity index (χ3n) is 5.85. The van der Waals surface area contributed by atoms with E-state index in [9.17, 15) is 4.79 Å². The van der Waals surface area contributed by atoms with Crippen molar-refractivity contribution in [1.29, 1.82) is 0 Å². The van der Waals surface area contributed by atoms with Crippen molar-refractivity contribution in [2.75, 3.05) is 26.9 Å². The van der Waals surface area contributed by atoms with E-state index >= 15 is 0 Å². The van der Waals surface area contributed by atoms with Gasteiger partial charge in [0, 0.05) is 24.8 Å². The molecule has 1 aromatic carbocycles. The van der Waals surface area contributed by atoms with E-state index < -0.39 is 5.79 Å². The van der Waals surface area contributed by atoms with Gasteiger partial charge >= 0.3 is 0 Å². The van der Waals surface area contributed by atoms with Gasteiger partial charge in [0.2, 0.25) is 0 Å². The predicted molar refractivity (Wildman–Crippen MR) is 104 cm³/mol. The van der Waals surface area contributed by atoms with E-state index in [1.165, 1.54) is 5.56 Å². The number of carbonyl (C=O) groups is 1. The summed E-state index contributed by atoms with van der Waals surface area (Å²) in [5, 5.41) is 7.46. The summed E-state index contributed by atoms with van der Waals surface area (Å²) in [6.07, 6.45) is 3.56. The average molecular weight is 388 g/mol. The second-order valence-electron chi connectivity index (χ2n) is 7.28. The lowest BCUT2D eigenvalue weighted by Gasteiger charge is -2.43. The molecule has 1 spiro atoms. The Morgan fingerprint density at radius 3 is 2.56 bits per heavy atom. The van der Waals surface area contributed by atoms with E-state index in [0.717, 1.165) is 25.7 Å². The zero-order valence-electron chi connectivity index (χ0n) is 15.5. The summed E-state index contributed by atoms with van der Waals surface area (Å²) in [4.78, 5) is 12.8. The SMILES string of the molecule is COc1ccccc1C(=O)NCC1(c2ccsc2)CCC2(CC1)OCCO2. The molecule has 27 heavy (non-hydrogen) atoms. The Balaban J connectivity index is 1.50. The number of thiophene rings is 1. The van der Waals surface area contributed by atoms with Crippen LogP contribution in [0.4, 0.5) is 0 Å². The largest absolute Gasteiger partial charge is 0.496 e. The number of methoxy groups -OCH3 is 1. The van der Waals surface area contributed by atoms with Crippen molar-refractivity contribution in [2.24, 2.45) is 0 Å². The number of hydrogen-bond acceptors (Lipinski definition) is 5. The number of benzene rings is 1. The molecule has 2 fully saturated rings. The minimum absolute atomic E-state index is 0.0851. The van der Waals surface area contributed by atoms with Crippen LogP contribution in [-0.4, -0.2) is 38.6 Å². The molecule has 1 saturated heterocycles. The molecule has 0 bridgehead atoms. The molecule has 0 unspecified atom stereocenters. The van der Waals surface area contributed by atoms with Crippen LogP contribution in [0.2, 0.25) is 0 Å². The van der Waals surface area contributed by atoms with Crippen molar-refractivity contribution in [2.45, 2.75) is 36.9 Å². The molecule has 4 rings (SSSR count). The number of nitrogens with one attached hydrogen (secondary N) is 1. The summed E-state index contributed by atoms with van der Waals surface area (Å²) in [5.41, 5.74) is 1.77. The van der Waals surface area contributed by atoms with Crippen LogP contribution in [0.1, 0.15) is 41.6 Å². The number of para-hydroxylation sites is 1. The highest BCUT2D eigenvalue weighted by molar-refractivity contribution is 7.08. The molecule has 1 N–H and O–H groups in total. The first-order chi connectivity index (χ1) is 13.2. The van der Waals surface area contributed by atoms with Gasteiger partial charge in [-0.3, -0.25) is 4.79 Å². The van der Waals surface area contributed by atoms with Crippen LogP contribution in [0, 0.1) is 0 Å². The molecule has 1 aliphatic heterocycles. The molecule has 0 atom stereocenters. The third-order valence-corrected chi connectivity index (χ3v) is 6.54. The van der Waals surface area contributed by atoms with E-state index in [1.54, 1.807) is 24.5 Å². The first kappa shape index (κ1) is 18.5. The minimum atomic E-state index is -0.411. The Morgan fingerprint density at radius 1 is 1.15 bits per heavy atom. The Labute approximate surface area is 163 Å². The van der Waals surface area contributed by atoms with Gasteiger partial charge in [-0.15, -0.1) is 0 Å². The lowest BCUT2D eigenvalue weighted by atomic mass is 9.68. The van der Waals surface area contributed by atoms with Crippen LogP contribution < -0.4 is 10.1 Å². The topological polar surface area (TPSA) is 56.8 Å². The van der Waals surface area contributed by atoms with Gasteiger partial charge in [0.05, 0.1) is 25.9 Å². The summed E-state index contributed by atoms with van der Waals surface area (Å²) in [6, 6.07) is 9.49. The fourth-order valence-electron chi connectivity index (χ4n) is 4.21. The van der Waals surface area contributed by atoms with Crippen LogP contribution >= 0.6 is 11.3 Å². The molecule has 2 aliphatic rings. The molecule has 2 aromatic rings. The fourth-order valence-corrected chi connectivity index (χ4v) is 4.98. The van der Waals surface area contributed by atoms with E-state index in [2.05, 4.69) is 22.1 Å². The standard InChI is InChI=1S/C21H25NO4S/c1-24-18-5-3-2-4-17(18)19(23)22-15-20(16-6-13-27-14-16)7-9-21(10-8-20)25-11-12-26-21/h2-6,13-14H,7-12,15H2,1H3,(H,22,23). The average Bonchev–Trinajstić information content (AvgIpc) is 3.41. The lowest BCUT2D eigenvalue weighted by Crippen LogP contribution is -2.48. The van der Waals surface area contributed by atoms with E-state index in [4.69, 9.17) is 14.2 Å². The number of ether oxygens (including phenoxy) is 3. The first-order valence-corrected chi connectivity index (χ1v) is 10.3. The van der Waals surface area contributed by atoms with Crippen molar-refractivity contribution >= 4 is 17.2 Å². The maximum Gasteiger partial charge on any atom is 0.255 e. The van der Waals surface area contributed by atoms with Crippen molar-refractivity contribution in [1.82, 2.24) is 5.32 Å². The van der Waals surface area contributed by atoms with E-state index in [-0.39, 0.29) is 11.3 Å². The van der Waals surface area contributed by atoms with Gasteiger partial charge in [-0.1, -0.05) is 12.1 Å². The quantitative estimate of drug-likeness (QED) is 0.849. The van der Waals surface area contributed by atoms with Crippen molar-refractivity contribution < 1.29 is 19.0 Å². The second kappa shape index (κ2) is 7.62. The molecule has 6 heteroatoms. The molecule has 1 aliphatic carbocycles. The van der Waals surface area contributed by atoms with Crippen molar-refractivity contribution in [3.05, 3.63) is 52.2 Å². The molecule has 144 valence electrons. The minimum Gasteiger partial charge on any atom is -0.496 e. The van der Waals surface area contributed by atoms with Crippen LogP contribution in [-0.2, 0) is 14.9 Å². The Bertz CT molecular complexity index is 773. The van der Waals surface area contributed by atoms with Gasteiger partial charge in [0.15, 0.2) is 5.79 Å². The van der Waals surface area contributed by atoms with Crippen LogP contribution in [0.25, 0.3) is 0 Å². The third kappa shape index (κ3) is 3.61. The monoisotopic (exact) mass is 387 g/mol. The molecule has 1 saturated carbocycles. The van der Waals surface area contributed by atoms with Crippen LogP contribution in [0.5, 0.6) is 5.75 Å². The normalized spacial score (nSPS) is 20.5. The van der Waals surface area contributed by atoms with Crippen molar-refractivity contribution in [3.63, 3.8) is 0 Å². The van der Waals surface area contributed by atoms with Gasteiger partial charge < -0.3 is 19.5 Å². The maximum atomic E-state index is 12.8. The smallest absolute Gasteiger partial charge is 0.255 e. The fraction of sp³-hybridized carbons (Fsp3) is 0.476. The summed E-state index contributed by atoms with van der Waals surface area (Å²) < 4.78 is 17.1. The Kier molecular flexibility index (Phi) is 5.21. The second-order valence-corrected chi connectivity index (χ2v) is 8.06. The number of rotatable bonds is 5. The highest BCUT2D eigenvalue weighted by Crippen LogP contribution is 2.46. The molecule has 1 aromatic heterocycles. The zero-order chi connectivity index (χ0) is 18.7. The molecular weight excluding hydrogens is 362 g/mol. The number of amides is 1. The van der Waals surface area contributed by atoms with E-state index in [0.29, 0.717) is 31.1 Å². The maximum absolute atomic E-state index is 12.8.